The van der Waals surface area contributed by atoms with E-state index in [1.165, 1.54) is 6.07 Å². The molecule has 0 saturated carbocycles. The van der Waals surface area contributed by atoms with Gasteiger partial charge in [-0.15, -0.1) is 12.4 Å². The molecule has 134 valence electrons. The van der Waals surface area contributed by atoms with Crippen LogP contribution in [0.5, 0.6) is 5.75 Å². The fourth-order valence-corrected chi connectivity index (χ4v) is 3.64. The summed E-state index contributed by atoms with van der Waals surface area (Å²) in [5, 5.41) is 3.44. The number of carbonyl (C=O) groups excluding carboxylic acids is 1. The second-order valence-electron chi connectivity index (χ2n) is 6.53. The molecule has 6 heteroatoms. The van der Waals surface area contributed by atoms with Gasteiger partial charge in [-0.1, -0.05) is 19.1 Å². The van der Waals surface area contributed by atoms with Gasteiger partial charge in [-0.25, -0.2) is 4.39 Å². The summed E-state index contributed by atoms with van der Waals surface area (Å²) >= 11 is 0. The third kappa shape index (κ3) is 4.19. The van der Waals surface area contributed by atoms with Gasteiger partial charge in [-0.05, 0) is 56.3 Å². The maximum absolute atomic E-state index is 13.8. The quantitative estimate of drug-likeness (QED) is 0.902. The number of nitrogens with zero attached hydrogens (tertiary/aromatic N) is 1. The van der Waals surface area contributed by atoms with Crippen LogP contribution in [0.1, 0.15) is 26.2 Å². The normalized spacial score (nSPS) is 24.5. The molecule has 0 spiro atoms. The molecular weight excluding hydrogens is 331 g/mol. The first kappa shape index (κ1) is 19.0. The van der Waals surface area contributed by atoms with Crippen molar-refractivity contribution in [1.29, 1.82) is 0 Å². The molecule has 2 aliphatic rings. The number of benzene rings is 1. The van der Waals surface area contributed by atoms with Crippen molar-refractivity contribution < 1.29 is 13.9 Å². The predicted molar refractivity (Wildman–Crippen MR) is 94.0 cm³/mol. The van der Waals surface area contributed by atoms with Gasteiger partial charge >= 0.3 is 0 Å². The van der Waals surface area contributed by atoms with Gasteiger partial charge in [0.15, 0.2) is 17.7 Å². The van der Waals surface area contributed by atoms with Crippen LogP contribution in [0.25, 0.3) is 0 Å². The molecule has 24 heavy (non-hydrogen) atoms. The molecule has 1 aromatic carbocycles. The minimum atomic E-state index is -0.608. The molecule has 2 heterocycles. The number of amides is 1. The Morgan fingerprint density at radius 1 is 1.29 bits per heavy atom. The number of hydrogen-bond acceptors (Lipinski definition) is 3. The van der Waals surface area contributed by atoms with Crippen molar-refractivity contribution in [3.8, 4) is 5.75 Å². The van der Waals surface area contributed by atoms with E-state index in [-0.39, 0.29) is 24.1 Å². The average molecular weight is 357 g/mol. The number of halogens is 2. The molecule has 2 saturated heterocycles. The molecule has 2 aliphatic heterocycles. The molecule has 0 bridgehead atoms. The summed E-state index contributed by atoms with van der Waals surface area (Å²) in [7, 11) is 0. The van der Waals surface area contributed by atoms with Crippen LogP contribution in [0.4, 0.5) is 4.39 Å². The molecular formula is C18H26ClFN2O2. The highest BCUT2D eigenvalue weighted by Gasteiger charge is 2.33. The van der Waals surface area contributed by atoms with Gasteiger partial charge in [0.1, 0.15) is 0 Å². The van der Waals surface area contributed by atoms with Crippen molar-refractivity contribution in [2.24, 2.45) is 11.8 Å². The molecule has 4 nitrogen and oxygen atoms in total. The lowest BCUT2D eigenvalue weighted by atomic mass is 9.92. The van der Waals surface area contributed by atoms with E-state index in [0.717, 1.165) is 39.0 Å². The third-order valence-corrected chi connectivity index (χ3v) is 5.08. The molecule has 1 N–H and O–H groups in total. The van der Waals surface area contributed by atoms with Crippen molar-refractivity contribution in [2.45, 2.75) is 32.3 Å². The summed E-state index contributed by atoms with van der Waals surface area (Å²) in [6.07, 6.45) is 2.01. The second-order valence-corrected chi connectivity index (χ2v) is 6.53. The Kier molecular flexibility index (Phi) is 6.87. The van der Waals surface area contributed by atoms with E-state index in [1.807, 2.05) is 11.8 Å². The fourth-order valence-electron chi connectivity index (χ4n) is 3.64. The molecule has 3 atom stereocenters. The maximum Gasteiger partial charge on any atom is 0.263 e. The van der Waals surface area contributed by atoms with E-state index >= 15 is 0 Å². The minimum Gasteiger partial charge on any atom is -0.478 e. The van der Waals surface area contributed by atoms with Gasteiger partial charge in [0.2, 0.25) is 0 Å². The summed E-state index contributed by atoms with van der Waals surface area (Å²) in [4.78, 5) is 14.7. The van der Waals surface area contributed by atoms with E-state index in [4.69, 9.17) is 4.74 Å². The summed E-state index contributed by atoms with van der Waals surface area (Å²) in [5.41, 5.74) is 0. The van der Waals surface area contributed by atoms with E-state index < -0.39 is 11.9 Å². The standard InChI is InChI=1S/C18H25FN2O2.ClH/c1-2-16(23-17-6-4-3-5-15(17)19)18(22)21-9-7-13-11-20-12-14(13)8-10-21;/h3-6,13-14,16,20H,2,7-12H2,1H3;1H/t13-,14+,16?;. The zero-order valence-corrected chi connectivity index (χ0v) is 14.9. The van der Waals surface area contributed by atoms with Gasteiger partial charge in [-0.2, -0.15) is 0 Å². The Balaban J connectivity index is 0.00000208. The van der Waals surface area contributed by atoms with Crippen molar-refractivity contribution in [3.63, 3.8) is 0 Å². The topological polar surface area (TPSA) is 41.6 Å². The Labute approximate surface area is 149 Å². The number of carbonyl (C=O) groups is 1. The van der Waals surface area contributed by atoms with Crippen molar-refractivity contribution in [1.82, 2.24) is 10.2 Å². The van der Waals surface area contributed by atoms with Gasteiger partial charge < -0.3 is 15.0 Å². The lowest BCUT2D eigenvalue weighted by Gasteiger charge is -2.26. The number of ether oxygens (including phenoxy) is 1. The highest BCUT2D eigenvalue weighted by Crippen LogP contribution is 2.28. The van der Waals surface area contributed by atoms with Crippen LogP contribution >= 0.6 is 12.4 Å². The van der Waals surface area contributed by atoms with Crippen LogP contribution in [0, 0.1) is 17.7 Å². The summed E-state index contributed by atoms with van der Waals surface area (Å²) in [6, 6.07) is 6.26. The van der Waals surface area contributed by atoms with E-state index in [9.17, 15) is 9.18 Å². The molecule has 3 rings (SSSR count). The van der Waals surface area contributed by atoms with Crippen LogP contribution in [0.2, 0.25) is 0 Å². The summed E-state index contributed by atoms with van der Waals surface area (Å²) < 4.78 is 19.4. The first-order valence-corrected chi connectivity index (χ1v) is 8.59. The average Bonchev–Trinajstić information content (AvgIpc) is 2.92. The van der Waals surface area contributed by atoms with E-state index in [2.05, 4.69) is 5.32 Å². The smallest absolute Gasteiger partial charge is 0.263 e. The van der Waals surface area contributed by atoms with Crippen LogP contribution in [0.3, 0.4) is 0 Å². The van der Waals surface area contributed by atoms with Crippen molar-refractivity contribution in [2.75, 3.05) is 26.2 Å². The highest BCUT2D eigenvalue weighted by atomic mass is 35.5. The van der Waals surface area contributed by atoms with E-state index in [1.54, 1.807) is 18.2 Å². The maximum atomic E-state index is 13.8. The zero-order chi connectivity index (χ0) is 16.2. The van der Waals surface area contributed by atoms with E-state index in [0.29, 0.717) is 18.3 Å². The number of fused-ring (bicyclic) bond motifs is 1. The number of nitrogens with one attached hydrogen (secondary N) is 1. The predicted octanol–water partition coefficient (Wildman–Crippen LogP) is 2.86. The first-order valence-electron chi connectivity index (χ1n) is 8.59. The molecule has 1 unspecified atom stereocenters. The zero-order valence-electron chi connectivity index (χ0n) is 14.0. The van der Waals surface area contributed by atoms with Crippen LogP contribution in [-0.4, -0.2) is 43.1 Å². The highest BCUT2D eigenvalue weighted by molar-refractivity contribution is 5.85. The minimum absolute atomic E-state index is 0. The third-order valence-electron chi connectivity index (χ3n) is 5.08. The van der Waals surface area contributed by atoms with Gasteiger partial charge in [0.25, 0.3) is 5.91 Å². The number of rotatable bonds is 4. The fraction of sp³-hybridized carbons (Fsp3) is 0.611. The molecule has 0 radical (unpaired) electrons. The van der Waals surface area contributed by atoms with Crippen LogP contribution in [-0.2, 0) is 4.79 Å². The van der Waals surface area contributed by atoms with Crippen LogP contribution < -0.4 is 10.1 Å². The number of hydrogen-bond donors (Lipinski definition) is 1. The molecule has 1 aromatic rings. The number of likely N-dealkylation sites (tertiary alicyclic amines) is 1. The summed E-state index contributed by atoms with van der Waals surface area (Å²) in [5.74, 6) is 1.09. The Morgan fingerprint density at radius 2 is 1.92 bits per heavy atom. The largest absolute Gasteiger partial charge is 0.478 e. The van der Waals surface area contributed by atoms with Gasteiger partial charge in [0.05, 0.1) is 0 Å². The van der Waals surface area contributed by atoms with Gasteiger partial charge in [-0.3, -0.25) is 4.79 Å². The van der Waals surface area contributed by atoms with Crippen molar-refractivity contribution in [3.05, 3.63) is 30.1 Å². The van der Waals surface area contributed by atoms with Crippen LogP contribution in [0.15, 0.2) is 24.3 Å². The Hall–Kier alpha value is -1.33. The Bertz CT molecular complexity index is 544. The molecule has 1 amide bonds. The number of para-hydroxylation sites is 1. The monoisotopic (exact) mass is 356 g/mol. The summed E-state index contributed by atoms with van der Waals surface area (Å²) in [6.45, 7) is 5.59. The molecule has 2 fully saturated rings. The lowest BCUT2D eigenvalue weighted by molar-refractivity contribution is -0.139. The molecule has 0 aliphatic carbocycles. The van der Waals surface area contributed by atoms with Crippen molar-refractivity contribution >= 4 is 18.3 Å². The second kappa shape index (κ2) is 8.67. The van der Waals surface area contributed by atoms with Gasteiger partial charge in [0, 0.05) is 13.1 Å². The molecule has 0 aromatic heterocycles. The SMILES string of the molecule is CCC(Oc1ccccc1F)C(=O)N1CC[C@@H]2CNC[C@@H]2CC1.Cl. The Morgan fingerprint density at radius 3 is 2.50 bits per heavy atom. The lowest BCUT2D eigenvalue weighted by Crippen LogP contribution is -2.42. The first-order chi connectivity index (χ1) is 11.2.